The number of hydrogen-bond donors (Lipinski definition) is 1. The van der Waals surface area contributed by atoms with Gasteiger partial charge in [-0.15, -0.1) is 12.1 Å². The first kappa shape index (κ1) is 7.35. The summed E-state index contributed by atoms with van der Waals surface area (Å²) in [5.74, 6) is 0. The fourth-order valence-corrected chi connectivity index (χ4v) is 0.815. The number of aliphatic hydroxyl groups excluding tert-OH is 1. The number of benzene rings is 1. The summed E-state index contributed by atoms with van der Waals surface area (Å²) in [4.78, 5) is 0. The lowest BCUT2D eigenvalue weighted by Gasteiger charge is -2.08. The van der Waals surface area contributed by atoms with Gasteiger partial charge in [-0.3, -0.25) is 5.46 Å². The minimum Gasteiger partial charge on any atom is -0.392 e. The summed E-state index contributed by atoms with van der Waals surface area (Å²) in [5, 5.41) is 8.69. The second-order valence-corrected chi connectivity index (χ2v) is 2.19. The van der Waals surface area contributed by atoms with Gasteiger partial charge in [0.05, 0.1) is 6.61 Å². The van der Waals surface area contributed by atoms with Crippen LogP contribution in [0.3, 0.4) is 0 Å². The van der Waals surface area contributed by atoms with Gasteiger partial charge < -0.3 is 12.4 Å². The van der Waals surface area contributed by atoms with Crippen LogP contribution in [0.15, 0.2) is 24.3 Å². The predicted octanol–water partition coefficient (Wildman–Crippen LogP) is 0.556. The van der Waals surface area contributed by atoms with Gasteiger partial charge >= 0.3 is 0 Å². The van der Waals surface area contributed by atoms with Crippen molar-refractivity contribution in [3.8, 4) is 0 Å². The Balaban J connectivity index is 2.80. The lowest BCUT2D eigenvalue weighted by Crippen LogP contribution is -2.09. The van der Waals surface area contributed by atoms with E-state index in [1.165, 1.54) is 5.46 Å². The molecule has 0 aromatic heterocycles. The van der Waals surface area contributed by atoms with Crippen molar-refractivity contribution in [2.75, 3.05) is 0 Å². The number of hydrogen-bond acceptors (Lipinski definition) is 1. The third kappa shape index (κ3) is 1.61. The smallest absolute Gasteiger partial charge is 0.0681 e. The minimum absolute atomic E-state index is 0.129. The summed E-state index contributed by atoms with van der Waals surface area (Å²) in [6.45, 7) is 2.12. The molecular weight excluding hydrogens is 123 g/mol. The van der Waals surface area contributed by atoms with Gasteiger partial charge in [0.2, 0.25) is 0 Å². The van der Waals surface area contributed by atoms with Crippen molar-refractivity contribution in [1.29, 1.82) is 0 Å². The van der Waals surface area contributed by atoms with Crippen molar-refractivity contribution in [2.24, 2.45) is 0 Å². The first-order valence-electron chi connectivity index (χ1n) is 3.36. The summed E-state index contributed by atoms with van der Waals surface area (Å²) in [6.07, 6.45) is 0. The summed E-state index contributed by atoms with van der Waals surface area (Å²) in [5.41, 5.74) is 2.16. The van der Waals surface area contributed by atoms with Gasteiger partial charge in [-0.1, -0.05) is 12.1 Å². The van der Waals surface area contributed by atoms with Crippen LogP contribution in [-0.4, -0.2) is 12.4 Å². The zero-order valence-electron chi connectivity index (χ0n) is 6.04. The standard InChI is InChI=1S/C8H10BO/c1-9-8-4-2-7(6-10)3-5-8/h2-5,10H,6H2,1H3/q-1. The molecule has 0 unspecified atom stereocenters. The molecule has 0 amide bonds. The van der Waals surface area contributed by atoms with Crippen LogP contribution >= 0.6 is 0 Å². The Morgan fingerprint density at radius 2 is 1.90 bits per heavy atom. The molecule has 1 rings (SSSR count). The molecule has 2 radical (unpaired) electrons. The molecule has 2 heteroatoms. The zero-order chi connectivity index (χ0) is 7.40. The molecule has 1 aromatic carbocycles. The van der Waals surface area contributed by atoms with Crippen molar-refractivity contribution in [3.63, 3.8) is 0 Å². The second kappa shape index (κ2) is 3.42. The summed E-state index contributed by atoms with van der Waals surface area (Å²) >= 11 is 0. The van der Waals surface area contributed by atoms with E-state index in [9.17, 15) is 0 Å². The molecule has 0 saturated heterocycles. The van der Waals surface area contributed by atoms with E-state index in [0.29, 0.717) is 0 Å². The van der Waals surface area contributed by atoms with Crippen molar-refractivity contribution in [3.05, 3.63) is 29.8 Å². The SMILES string of the molecule is C[B-]c1ccc(CO)cc1. The lowest BCUT2D eigenvalue weighted by atomic mass is 9.73. The quantitative estimate of drug-likeness (QED) is 0.584. The molecule has 0 aliphatic heterocycles. The average molecular weight is 133 g/mol. The fourth-order valence-electron chi connectivity index (χ4n) is 0.815. The average Bonchev–Trinajstić information content (AvgIpc) is 2.05. The zero-order valence-corrected chi connectivity index (χ0v) is 6.04. The van der Waals surface area contributed by atoms with Gasteiger partial charge in [0, 0.05) is 0 Å². The van der Waals surface area contributed by atoms with E-state index in [2.05, 4.69) is 0 Å². The van der Waals surface area contributed by atoms with E-state index in [1.807, 2.05) is 38.4 Å². The highest BCUT2D eigenvalue weighted by molar-refractivity contribution is 6.51. The number of rotatable bonds is 2. The van der Waals surface area contributed by atoms with E-state index in [-0.39, 0.29) is 6.61 Å². The maximum absolute atomic E-state index is 8.69. The molecule has 0 bridgehead atoms. The van der Waals surface area contributed by atoms with Crippen LogP contribution in [0.25, 0.3) is 0 Å². The van der Waals surface area contributed by atoms with E-state index in [4.69, 9.17) is 5.11 Å². The third-order valence-electron chi connectivity index (χ3n) is 1.50. The second-order valence-electron chi connectivity index (χ2n) is 2.19. The van der Waals surface area contributed by atoms with Gasteiger partial charge in [-0.05, 0) is 5.56 Å². The molecule has 0 heterocycles. The molecule has 0 atom stereocenters. The van der Waals surface area contributed by atoms with Crippen LogP contribution < -0.4 is 5.46 Å². The minimum atomic E-state index is 0.129. The lowest BCUT2D eigenvalue weighted by molar-refractivity contribution is 0.282. The first-order chi connectivity index (χ1) is 4.86. The molecule has 1 N–H and O–H groups in total. The molecule has 52 valence electrons. The Kier molecular flexibility index (Phi) is 2.52. The highest BCUT2D eigenvalue weighted by Gasteiger charge is 1.83. The molecule has 0 saturated carbocycles. The molecule has 0 fully saturated rings. The monoisotopic (exact) mass is 133 g/mol. The van der Waals surface area contributed by atoms with Gasteiger partial charge in [0.25, 0.3) is 0 Å². The fraction of sp³-hybridized carbons (Fsp3) is 0.250. The van der Waals surface area contributed by atoms with Gasteiger partial charge in [-0.2, -0.15) is 0 Å². The summed E-state index contributed by atoms with van der Waals surface area (Å²) in [7, 11) is 2.03. The van der Waals surface area contributed by atoms with Crippen LogP contribution in [0.1, 0.15) is 5.56 Å². The first-order valence-corrected chi connectivity index (χ1v) is 3.36. The largest absolute Gasteiger partial charge is 0.392 e. The Morgan fingerprint density at radius 3 is 2.30 bits per heavy atom. The molecule has 10 heavy (non-hydrogen) atoms. The van der Waals surface area contributed by atoms with Gasteiger partial charge in [-0.25, -0.2) is 6.82 Å². The van der Waals surface area contributed by atoms with E-state index in [1.54, 1.807) is 0 Å². The number of aliphatic hydroxyl groups is 1. The molecule has 1 nitrogen and oxygen atoms in total. The maximum Gasteiger partial charge on any atom is 0.0681 e. The van der Waals surface area contributed by atoms with Crippen LogP contribution in [-0.2, 0) is 6.61 Å². The van der Waals surface area contributed by atoms with E-state index < -0.39 is 0 Å². The van der Waals surface area contributed by atoms with Crippen LogP contribution in [0, 0.1) is 0 Å². The van der Waals surface area contributed by atoms with E-state index >= 15 is 0 Å². The van der Waals surface area contributed by atoms with Gasteiger partial charge in [0.1, 0.15) is 0 Å². The topological polar surface area (TPSA) is 20.2 Å². The molecule has 1 aromatic rings. The summed E-state index contributed by atoms with van der Waals surface area (Å²) in [6, 6.07) is 7.84. The van der Waals surface area contributed by atoms with Crippen LogP contribution in [0.2, 0.25) is 6.82 Å². The maximum atomic E-state index is 8.69. The van der Waals surface area contributed by atoms with Crippen molar-refractivity contribution in [2.45, 2.75) is 13.4 Å². The van der Waals surface area contributed by atoms with Crippen molar-refractivity contribution < 1.29 is 5.11 Å². The highest BCUT2D eigenvalue weighted by Crippen LogP contribution is 1.94. The van der Waals surface area contributed by atoms with Crippen LogP contribution in [0.5, 0.6) is 0 Å². The van der Waals surface area contributed by atoms with E-state index in [0.717, 1.165) is 5.56 Å². The Labute approximate surface area is 61.9 Å². The Bertz CT molecular complexity index is 170. The van der Waals surface area contributed by atoms with Crippen LogP contribution in [0.4, 0.5) is 0 Å². The highest BCUT2D eigenvalue weighted by atomic mass is 16.3. The summed E-state index contributed by atoms with van der Waals surface area (Å²) < 4.78 is 0. The van der Waals surface area contributed by atoms with Crippen molar-refractivity contribution >= 4 is 12.7 Å². The molecule has 0 aliphatic carbocycles. The predicted molar refractivity (Wildman–Crippen MR) is 43.6 cm³/mol. The normalized spacial score (nSPS) is 9.80. The van der Waals surface area contributed by atoms with Gasteiger partial charge in [0.15, 0.2) is 0 Å². The van der Waals surface area contributed by atoms with Crippen molar-refractivity contribution in [1.82, 2.24) is 0 Å². The third-order valence-corrected chi connectivity index (χ3v) is 1.50. The molecule has 0 spiro atoms. The molecule has 0 aliphatic rings. The Hall–Kier alpha value is -0.755. The Morgan fingerprint density at radius 1 is 1.30 bits per heavy atom. The molecular formula is C8H10BO-.